The molecule has 8 heteroatoms. The van der Waals surface area contributed by atoms with E-state index in [9.17, 15) is 26.7 Å². The first kappa shape index (κ1) is 14.9. The molecule has 0 N–H and O–H groups in total. The van der Waals surface area contributed by atoms with E-state index < -0.39 is 36.2 Å². The molecule has 0 aliphatic carbocycles. The molecule has 3 nitrogen and oxygen atoms in total. The molecule has 1 rings (SSSR count). The molecule has 2 unspecified atom stereocenters. The summed E-state index contributed by atoms with van der Waals surface area (Å²) in [6.07, 6.45) is -7.39. The second-order valence-corrected chi connectivity index (χ2v) is 3.84. The molecule has 0 aromatic rings. The Labute approximate surface area is 99.5 Å². The van der Waals surface area contributed by atoms with Gasteiger partial charge in [0.2, 0.25) is 0 Å². The molecule has 0 saturated carbocycles. The zero-order valence-corrected chi connectivity index (χ0v) is 9.39. The van der Waals surface area contributed by atoms with Crippen molar-refractivity contribution >= 4 is 5.97 Å². The number of esters is 1. The van der Waals surface area contributed by atoms with Crippen molar-refractivity contribution in [2.24, 2.45) is 0 Å². The highest BCUT2D eigenvalue weighted by atomic mass is 19.4. The topological polar surface area (TPSA) is 35.5 Å². The molecule has 2 atom stereocenters. The SMILES string of the molecule is C=CC(=O)OC(C)C1(C(F)(F)C(F)(F)F)CCO1. The average Bonchev–Trinajstić information content (AvgIpc) is 2.13. The molecule has 1 saturated heterocycles. The van der Waals surface area contributed by atoms with E-state index in [0.29, 0.717) is 6.08 Å². The van der Waals surface area contributed by atoms with Gasteiger partial charge in [-0.3, -0.25) is 0 Å². The lowest BCUT2D eigenvalue weighted by atomic mass is 9.82. The van der Waals surface area contributed by atoms with Gasteiger partial charge in [0.05, 0.1) is 6.61 Å². The van der Waals surface area contributed by atoms with E-state index in [2.05, 4.69) is 16.1 Å². The van der Waals surface area contributed by atoms with Crippen molar-refractivity contribution in [3.8, 4) is 0 Å². The molecule has 18 heavy (non-hydrogen) atoms. The molecular weight excluding hydrogens is 263 g/mol. The second kappa shape index (κ2) is 4.49. The van der Waals surface area contributed by atoms with Crippen LogP contribution in [0.15, 0.2) is 12.7 Å². The van der Waals surface area contributed by atoms with Crippen LogP contribution in [-0.2, 0) is 14.3 Å². The van der Waals surface area contributed by atoms with Gasteiger partial charge in [-0.2, -0.15) is 22.0 Å². The van der Waals surface area contributed by atoms with Crippen LogP contribution in [0.3, 0.4) is 0 Å². The van der Waals surface area contributed by atoms with E-state index in [4.69, 9.17) is 0 Å². The molecule has 1 aliphatic rings. The quantitative estimate of drug-likeness (QED) is 0.449. The van der Waals surface area contributed by atoms with E-state index in [1.54, 1.807) is 0 Å². The van der Waals surface area contributed by atoms with Gasteiger partial charge in [0.25, 0.3) is 0 Å². The van der Waals surface area contributed by atoms with E-state index >= 15 is 0 Å². The Bertz CT molecular complexity index is 346. The highest BCUT2D eigenvalue weighted by Gasteiger charge is 2.75. The molecule has 1 aliphatic heterocycles. The summed E-state index contributed by atoms with van der Waals surface area (Å²) in [6.45, 7) is 3.71. The number of carbonyl (C=O) groups is 1. The van der Waals surface area contributed by atoms with Gasteiger partial charge >= 0.3 is 18.1 Å². The van der Waals surface area contributed by atoms with Gasteiger partial charge in [0.1, 0.15) is 6.10 Å². The number of rotatable bonds is 4. The third-order valence-electron chi connectivity index (χ3n) is 2.84. The second-order valence-electron chi connectivity index (χ2n) is 3.84. The third-order valence-corrected chi connectivity index (χ3v) is 2.84. The first-order chi connectivity index (χ1) is 8.08. The summed E-state index contributed by atoms with van der Waals surface area (Å²) >= 11 is 0. The lowest BCUT2D eigenvalue weighted by Crippen LogP contribution is -2.69. The Kier molecular flexibility index (Phi) is 3.71. The first-order valence-corrected chi connectivity index (χ1v) is 5.00. The normalized spacial score (nSPS) is 26.1. The van der Waals surface area contributed by atoms with E-state index in [-0.39, 0.29) is 6.61 Å². The Morgan fingerprint density at radius 2 is 1.94 bits per heavy atom. The number of hydrogen-bond donors (Lipinski definition) is 0. The predicted octanol–water partition coefficient (Wildman–Crippen LogP) is 2.46. The lowest BCUT2D eigenvalue weighted by Gasteiger charge is -2.49. The van der Waals surface area contributed by atoms with Crippen molar-refractivity contribution in [3.63, 3.8) is 0 Å². The smallest absolute Gasteiger partial charge is 0.456 e. The summed E-state index contributed by atoms with van der Waals surface area (Å²) in [5.74, 6) is -6.19. The van der Waals surface area contributed by atoms with Crippen molar-refractivity contribution in [1.82, 2.24) is 0 Å². The van der Waals surface area contributed by atoms with Crippen molar-refractivity contribution in [1.29, 1.82) is 0 Å². The van der Waals surface area contributed by atoms with Gasteiger partial charge in [0, 0.05) is 12.5 Å². The van der Waals surface area contributed by atoms with Crippen LogP contribution in [0.25, 0.3) is 0 Å². The summed E-state index contributed by atoms with van der Waals surface area (Å²) in [4.78, 5) is 10.9. The maximum absolute atomic E-state index is 13.4. The summed E-state index contributed by atoms with van der Waals surface area (Å²) < 4.78 is 72.6. The molecule has 0 bridgehead atoms. The molecule has 0 radical (unpaired) electrons. The van der Waals surface area contributed by atoms with E-state index in [0.717, 1.165) is 6.92 Å². The fourth-order valence-electron chi connectivity index (χ4n) is 1.70. The van der Waals surface area contributed by atoms with Crippen LogP contribution in [0.1, 0.15) is 13.3 Å². The summed E-state index contributed by atoms with van der Waals surface area (Å²) in [6, 6.07) is 0. The van der Waals surface area contributed by atoms with E-state index in [1.807, 2.05) is 0 Å². The fourth-order valence-corrected chi connectivity index (χ4v) is 1.70. The lowest BCUT2D eigenvalue weighted by molar-refractivity contribution is -0.393. The number of carbonyl (C=O) groups excluding carboxylic acids is 1. The molecular formula is C10H11F5O3. The number of halogens is 5. The maximum Gasteiger partial charge on any atom is 0.456 e. The number of hydrogen-bond acceptors (Lipinski definition) is 3. The van der Waals surface area contributed by atoms with Gasteiger partial charge in [-0.15, -0.1) is 0 Å². The first-order valence-electron chi connectivity index (χ1n) is 5.00. The molecule has 0 amide bonds. The Hall–Kier alpha value is -1.18. The minimum Gasteiger partial charge on any atom is -0.456 e. The van der Waals surface area contributed by atoms with E-state index in [1.165, 1.54) is 0 Å². The monoisotopic (exact) mass is 274 g/mol. The maximum atomic E-state index is 13.4. The van der Waals surface area contributed by atoms with Crippen LogP contribution in [0.5, 0.6) is 0 Å². The van der Waals surface area contributed by atoms with Crippen LogP contribution in [0.2, 0.25) is 0 Å². The molecule has 0 aromatic carbocycles. The third kappa shape index (κ3) is 2.09. The van der Waals surface area contributed by atoms with Gasteiger partial charge in [-0.05, 0) is 6.92 Å². The average molecular weight is 274 g/mol. The van der Waals surface area contributed by atoms with Crippen molar-refractivity contribution in [3.05, 3.63) is 12.7 Å². The summed E-state index contributed by atoms with van der Waals surface area (Å²) in [5.41, 5.74) is -2.86. The number of ether oxygens (including phenoxy) is 2. The predicted molar refractivity (Wildman–Crippen MR) is 50.1 cm³/mol. The van der Waals surface area contributed by atoms with Crippen LogP contribution >= 0.6 is 0 Å². The highest BCUT2D eigenvalue weighted by molar-refractivity contribution is 5.81. The van der Waals surface area contributed by atoms with Crippen LogP contribution in [-0.4, -0.2) is 36.4 Å². The summed E-state index contributed by atoms with van der Waals surface area (Å²) in [5, 5.41) is 0. The molecule has 0 spiro atoms. The Morgan fingerprint density at radius 3 is 2.22 bits per heavy atom. The zero-order chi connectivity index (χ0) is 14.2. The minimum absolute atomic E-state index is 0.248. The minimum atomic E-state index is -5.78. The van der Waals surface area contributed by atoms with Crippen LogP contribution in [0.4, 0.5) is 22.0 Å². The largest absolute Gasteiger partial charge is 0.456 e. The van der Waals surface area contributed by atoms with Crippen molar-refractivity contribution in [2.75, 3.05) is 6.61 Å². The van der Waals surface area contributed by atoms with Crippen molar-refractivity contribution < 1.29 is 36.2 Å². The zero-order valence-electron chi connectivity index (χ0n) is 9.39. The molecule has 104 valence electrons. The highest BCUT2D eigenvalue weighted by Crippen LogP contribution is 2.52. The molecule has 1 fully saturated rings. The van der Waals surface area contributed by atoms with Gasteiger partial charge in [-0.25, -0.2) is 4.79 Å². The molecule has 0 aromatic heterocycles. The van der Waals surface area contributed by atoms with Crippen LogP contribution < -0.4 is 0 Å². The van der Waals surface area contributed by atoms with Gasteiger partial charge in [-0.1, -0.05) is 6.58 Å². The van der Waals surface area contributed by atoms with Gasteiger partial charge in [0.15, 0.2) is 5.60 Å². The van der Waals surface area contributed by atoms with Crippen molar-refractivity contribution in [2.45, 2.75) is 37.1 Å². The van der Waals surface area contributed by atoms with Gasteiger partial charge < -0.3 is 9.47 Å². The molecule has 1 heterocycles. The fraction of sp³-hybridized carbons (Fsp3) is 0.700. The number of alkyl halides is 5. The summed E-state index contributed by atoms with van der Waals surface area (Å²) in [7, 11) is 0. The van der Waals surface area contributed by atoms with Crippen LogP contribution in [0, 0.1) is 0 Å². The Balaban J connectivity index is 2.99. The Morgan fingerprint density at radius 1 is 1.44 bits per heavy atom. The standard InChI is InChI=1S/C10H11F5O3/c1-3-7(16)18-6(2)8(4-5-17-8)9(11,12)10(13,14)15/h3,6H,1,4-5H2,2H3.